The Morgan fingerprint density at radius 1 is 1.56 bits per heavy atom. The van der Waals surface area contributed by atoms with Gasteiger partial charge in [-0.15, -0.1) is 0 Å². The third kappa shape index (κ3) is 1.88. The molecule has 18 heavy (non-hydrogen) atoms. The molecule has 2 heterocycles. The topological polar surface area (TPSA) is 77.5 Å². The lowest BCUT2D eigenvalue weighted by atomic mass is 9.68. The molecular weight excluding hydrogens is 300 g/mol. The Labute approximate surface area is 113 Å². The first-order valence-corrected chi connectivity index (χ1v) is 6.89. The summed E-state index contributed by atoms with van der Waals surface area (Å²) in [5.41, 5.74) is 6.57. The first kappa shape index (κ1) is 12.2. The van der Waals surface area contributed by atoms with Gasteiger partial charge >= 0.3 is 0 Å². The second-order valence-corrected chi connectivity index (χ2v) is 5.55. The van der Waals surface area contributed by atoms with Crippen molar-refractivity contribution in [1.29, 1.82) is 0 Å². The van der Waals surface area contributed by atoms with Gasteiger partial charge in [-0.2, -0.15) is 0 Å². The Hall–Kier alpha value is -0.850. The molecule has 0 radical (unpaired) electrons. The highest BCUT2D eigenvalue weighted by molar-refractivity contribution is 9.10. The molecule has 3 rings (SSSR count). The maximum atomic E-state index is 12.0. The molecule has 1 saturated heterocycles. The van der Waals surface area contributed by atoms with Crippen molar-refractivity contribution in [2.24, 2.45) is 11.7 Å². The summed E-state index contributed by atoms with van der Waals surface area (Å²) in [6, 6.07) is 1.53. The lowest BCUT2D eigenvalue weighted by Gasteiger charge is -2.52. The first-order chi connectivity index (χ1) is 8.68. The van der Waals surface area contributed by atoms with Gasteiger partial charge in [-0.1, -0.05) is 0 Å². The van der Waals surface area contributed by atoms with E-state index in [1.807, 2.05) is 0 Å². The monoisotopic (exact) mass is 314 g/mol. The van der Waals surface area contributed by atoms with Crippen molar-refractivity contribution in [3.8, 4) is 0 Å². The van der Waals surface area contributed by atoms with E-state index in [0.717, 1.165) is 19.4 Å². The number of amides is 1. The van der Waals surface area contributed by atoms with Crippen LogP contribution in [-0.2, 0) is 4.74 Å². The second kappa shape index (κ2) is 4.68. The minimum Gasteiger partial charge on any atom is -0.457 e. The number of rotatable bonds is 2. The van der Waals surface area contributed by atoms with Crippen LogP contribution in [0.5, 0.6) is 0 Å². The van der Waals surface area contributed by atoms with E-state index in [1.165, 1.54) is 6.26 Å². The van der Waals surface area contributed by atoms with Crippen LogP contribution in [0.15, 0.2) is 21.4 Å². The standard InChI is InChI=1S/C12H15BrN2O3/c13-11-7(3-5-18-11)12(16)15-9-8(14)6-2-1-4-17-10(6)9/h3,5-6,8-10H,1-2,4,14H2,(H,15,16). The Bertz CT molecular complexity index is 462. The highest BCUT2D eigenvalue weighted by atomic mass is 79.9. The third-order valence-electron chi connectivity index (χ3n) is 3.84. The maximum absolute atomic E-state index is 12.0. The predicted molar refractivity (Wildman–Crippen MR) is 68.1 cm³/mol. The minimum absolute atomic E-state index is 0.00933. The molecule has 0 aromatic carbocycles. The molecular formula is C12H15BrN2O3. The molecule has 4 atom stereocenters. The molecule has 2 aliphatic rings. The quantitative estimate of drug-likeness (QED) is 0.862. The minimum atomic E-state index is -0.177. The van der Waals surface area contributed by atoms with Gasteiger partial charge in [0.05, 0.1) is 24.0 Å². The van der Waals surface area contributed by atoms with Gasteiger partial charge in [-0.05, 0) is 34.8 Å². The number of nitrogens with two attached hydrogens (primary N) is 1. The van der Waals surface area contributed by atoms with E-state index >= 15 is 0 Å². The van der Waals surface area contributed by atoms with Crippen LogP contribution in [0.2, 0.25) is 0 Å². The Balaban J connectivity index is 1.67. The van der Waals surface area contributed by atoms with Crippen LogP contribution < -0.4 is 11.1 Å². The van der Waals surface area contributed by atoms with Gasteiger partial charge in [0.2, 0.25) is 0 Å². The average molecular weight is 315 g/mol. The van der Waals surface area contributed by atoms with Crippen LogP contribution in [0.4, 0.5) is 0 Å². The summed E-state index contributed by atoms with van der Waals surface area (Å²) in [5.74, 6) is 0.209. The van der Waals surface area contributed by atoms with E-state index < -0.39 is 0 Å². The fraction of sp³-hybridized carbons (Fsp3) is 0.583. The molecule has 1 aromatic heterocycles. The molecule has 3 N–H and O–H groups in total. The molecule has 0 bridgehead atoms. The van der Waals surface area contributed by atoms with Crippen molar-refractivity contribution >= 4 is 21.8 Å². The highest BCUT2D eigenvalue weighted by Gasteiger charge is 2.51. The number of nitrogens with one attached hydrogen (secondary N) is 1. The zero-order chi connectivity index (χ0) is 12.7. The summed E-state index contributed by atoms with van der Waals surface area (Å²) in [4.78, 5) is 12.0. The molecule has 1 saturated carbocycles. The van der Waals surface area contributed by atoms with Crippen molar-refractivity contribution in [3.05, 3.63) is 22.6 Å². The molecule has 0 spiro atoms. The van der Waals surface area contributed by atoms with Gasteiger partial charge in [0.1, 0.15) is 0 Å². The van der Waals surface area contributed by atoms with E-state index in [1.54, 1.807) is 6.07 Å². The van der Waals surface area contributed by atoms with Crippen LogP contribution in [0.1, 0.15) is 23.2 Å². The third-order valence-corrected chi connectivity index (χ3v) is 4.45. The summed E-state index contributed by atoms with van der Waals surface area (Å²) in [6.07, 6.45) is 3.69. The zero-order valence-electron chi connectivity index (χ0n) is 9.77. The average Bonchev–Trinajstić information content (AvgIpc) is 2.81. The number of hydrogen-bond acceptors (Lipinski definition) is 4. The SMILES string of the molecule is NC1C2CCCOC2C1NC(=O)c1ccoc1Br. The highest BCUT2D eigenvalue weighted by Crippen LogP contribution is 2.37. The van der Waals surface area contributed by atoms with Crippen LogP contribution in [0.25, 0.3) is 0 Å². The summed E-state index contributed by atoms with van der Waals surface area (Å²) in [6.45, 7) is 0.760. The van der Waals surface area contributed by atoms with Gasteiger partial charge in [0, 0.05) is 18.6 Å². The fourth-order valence-electron chi connectivity index (χ4n) is 2.81. The number of halogens is 1. The van der Waals surface area contributed by atoms with Crippen LogP contribution >= 0.6 is 15.9 Å². The molecule has 1 aliphatic carbocycles. The van der Waals surface area contributed by atoms with Crippen LogP contribution in [-0.4, -0.2) is 30.7 Å². The van der Waals surface area contributed by atoms with Crippen LogP contribution in [0.3, 0.4) is 0 Å². The maximum Gasteiger partial charge on any atom is 0.256 e. The second-order valence-electron chi connectivity index (χ2n) is 4.83. The summed E-state index contributed by atoms with van der Waals surface area (Å²) >= 11 is 3.19. The zero-order valence-corrected chi connectivity index (χ0v) is 11.4. The van der Waals surface area contributed by atoms with E-state index in [0.29, 0.717) is 16.2 Å². The van der Waals surface area contributed by atoms with Crippen molar-refractivity contribution in [1.82, 2.24) is 5.32 Å². The van der Waals surface area contributed by atoms with E-state index in [2.05, 4.69) is 21.2 Å². The fourth-order valence-corrected chi connectivity index (χ4v) is 3.23. The number of hydrogen-bond donors (Lipinski definition) is 2. The van der Waals surface area contributed by atoms with Crippen molar-refractivity contribution in [2.45, 2.75) is 31.0 Å². The number of ether oxygens (including phenoxy) is 1. The smallest absolute Gasteiger partial charge is 0.256 e. The number of carbonyl (C=O) groups excluding carboxylic acids is 1. The van der Waals surface area contributed by atoms with E-state index in [9.17, 15) is 4.79 Å². The first-order valence-electron chi connectivity index (χ1n) is 6.09. The Morgan fingerprint density at radius 2 is 2.39 bits per heavy atom. The number of furan rings is 1. The van der Waals surface area contributed by atoms with Gasteiger partial charge in [0.25, 0.3) is 5.91 Å². The van der Waals surface area contributed by atoms with Gasteiger partial charge in [-0.3, -0.25) is 4.79 Å². The van der Waals surface area contributed by atoms with Crippen LogP contribution in [0, 0.1) is 5.92 Å². The lowest BCUT2D eigenvalue weighted by molar-refractivity contribution is -0.117. The van der Waals surface area contributed by atoms with Gasteiger partial charge in [0.15, 0.2) is 4.67 Å². The van der Waals surface area contributed by atoms with E-state index in [4.69, 9.17) is 14.9 Å². The van der Waals surface area contributed by atoms with Crippen molar-refractivity contribution in [2.75, 3.05) is 6.61 Å². The number of fused-ring (bicyclic) bond motifs is 1. The molecule has 5 nitrogen and oxygen atoms in total. The summed E-state index contributed by atoms with van der Waals surface area (Å²) in [5, 5.41) is 2.93. The normalized spacial score (nSPS) is 34.6. The molecule has 1 aliphatic heterocycles. The summed E-state index contributed by atoms with van der Waals surface area (Å²) < 4.78 is 11.2. The Morgan fingerprint density at radius 3 is 3.11 bits per heavy atom. The molecule has 98 valence electrons. The molecule has 1 aromatic rings. The van der Waals surface area contributed by atoms with Gasteiger partial charge < -0.3 is 20.2 Å². The molecule has 2 fully saturated rings. The Kier molecular flexibility index (Phi) is 3.17. The van der Waals surface area contributed by atoms with Crippen molar-refractivity contribution < 1.29 is 13.9 Å². The largest absolute Gasteiger partial charge is 0.457 e. The summed E-state index contributed by atoms with van der Waals surface area (Å²) in [7, 11) is 0. The molecule has 1 amide bonds. The van der Waals surface area contributed by atoms with Gasteiger partial charge in [-0.25, -0.2) is 0 Å². The molecule has 6 heteroatoms. The lowest BCUT2D eigenvalue weighted by Crippen LogP contribution is -2.72. The van der Waals surface area contributed by atoms with E-state index in [-0.39, 0.29) is 24.1 Å². The number of carbonyl (C=O) groups is 1. The molecule has 4 unspecified atom stereocenters. The predicted octanol–water partition coefficient (Wildman–Crippen LogP) is 1.28. The van der Waals surface area contributed by atoms with Crippen molar-refractivity contribution in [3.63, 3.8) is 0 Å².